The molecule has 1 aromatic rings. The number of carbonyl (C=O) groups excluding carboxylic acids is 1. The SMILES string of the molecule is CCc1cc(C#N)cc(C(F)F)c1C(=O)OC. The van der Waals surface area contributed by atoms with Gasteiger partial charge in [0.25, 0.3) is 6.43 Å². The summed E-state index contributed by atoms with van der Waals surface area (Å²) in [6.07, 6.45) is -2.44. The van der Waals surface area contributed by atoms with Crippen molar-refractivity contribution in [3.05, 3.63) is 34.4 Å². The van der Waals surface area contributed by atoms with Crippen LogP contribution in [-0.4, -0.2) is 13.1 Å². The predicted octanol–water partition coefficient (Wildman–Crippen LogP) is 2.84. The lowest BCUT2D eigenvalue weighted by atomic mass is 9.96. The van der Waals surface area contributed by atoms with Crippen molar-refractivity contribution in [2.75, 3.05) is 7.11 Å². The van der Waals surface area contributed by atoms with Crippen molar-refractivity contribution >= 4 is 5.97 Å². The molecule has 0 aliphatic carbocycles. The van der Waals surface area contributed by atoms with Crippen LogP contribution in [0.2, 0.25) is 0 Å². The molecule has 0 aliphatic rings. The molecule has 0 N–H and O–H groups in total. The number of methoxy groups -OCH3 is 1. The molecule has 0 saturated heterocycles. The van der Waals surface area contributed by atoms with Crippen LogP contribution in [0.25, 0.3) is 0 Å². The molecule has 0 atom stereocenters. The highest BCUT2D eigenvalue weighted by atomic mass is 19.3. The molecule has 0 saturated carbocycles. The van der Waals surface area contributed by atoms with Crippen LogP contribution in [0.3, 0.4) is 0 Å². The summed E-state index contributed by atoms with van der Waals surface area (Å²) in [4.78, 5) is 11.5. The molecule has 0 spiro atoms. The van der Waals surface area contributed by atoms with Gasteiger partial charge in [-0.05, 0) is 24.1 Å². The van der Waals surface area contributed by atoms with E-state index in [1.165, 1.54) is 6.07 Å². The van der Waals surface area contributed by atoms with Crippen molar-refractivity contribution < 1.29 is 18.3 Å². The molecular weight excluding hydrogens is 228 g/mol. The van der Waals surface area contributed by atoms with Gasteiger partial charge in [-0.15, -0.1) is 0 Å². The number of hydrogen-bond donors (Lipinski definition) is 0. The third kappa shape index (κ3) is 2.59. The van der Waals surface area contributed by atoms with E-state index in [1.54, 1.807) is 13.0 Å². The zero-order chi connectivity index (χ0) is 13.0. The second kappa shape index (κ2) is 5.39. The summed E-state index contributed by atoms with van der Waals surface area (Å²) < 4.78 is 30.2. The van der Waals surface area contributed by atoms with E-state index in [2.05, 4.69) is 4.74 Å². The number of alkyl halides is 2. The number of hydrogen-bond acceptors (Lipinski definition) is 3. The highest BCUT2D eigenvalue weighted by molar-refractivity contribution is 5.93. The second-order valence-corrected chi connectivity index (χ2v) is 3.36. The average Bonchev–Trinajstić information content (AvgIpc) is 2.35. The van der Waals surface area contributed by atoms with Gasteiger partial charge in [-0.25, -0.2) is 13.6 Å². The van der Waals surface area contributed by atoms with Crippen molar-refractivity contribution in [2.45, 2.75) is 19.8 Å². The third-order valence-electron chi connectivity index (χ3n) is 2.39. The van der Waals surface area contributed by atoms with Gasteiger partial charge < -0.3 is 4.74 Å². The molecule has 0 fully saturated rings. The van der Waals surface area contributed by atoms with Crippen LogP contribution in [0.15, 0.2) is 12.1 Å². The Morgan fingerprint density at radius 2 is 2.18 bits per heavy atom. The lowest BCUT2D eigenvalue weighted by Crippen LogP contribution is -2.10. The van der Waals surface area contributed by atoms with E-state index in [4.69, 9.17) is 5.26 Å². The molecule has 0 aromatic heterocycles. The van der Waals surface area contributed by atoms with Gasteiger partial charge in [0.1, 0.15) is 0 Å². The van der Waals surface area contributed by atoms with Crippen LogP contribution >= 0.6 is 0 Å². The van der Waals surface area contributed by atoms with E-state index >= 15 is 0 Å². The zero-order valence-electron chi connectivity index (χ0n) is 9.46. The quantitative estimate of drug-likeness (QED) is 0.762. The Balaban J connectivity index is 3.53. The summed E-state index contributed by atoms with van der Waals surface area (Å²) in [5.74, 6) is -0.804. The molecular formula is C12H11F2NO2. The largest absolute Gasteiger partial charge is 0.465 e. The van der Waals surface area contributed by atoms with Gasteiger partial charge in [-0.3, -0.25) is 0 Å². The first-order chi connectivity index (χ1) is 8.04. The van der Waals surface area contributed by atoms with Crippen LogP contribution in [0.4, 0.5) is 8.78 Å². The number of nitrogens with zero attached hydrogens (tertiary/aromatic N) is 1. The minimum absolute atomic E-state index is 0.116. The summed E-state index contributed by atoms with van der Waals surface area (Å²) >= 11 is 0. The third-order valence-corrected chi connectivity index (χ3v) is 2.39. The molecule has 3 nitrogen and oxygen atoms in total. The number of benzene rings is 1. The van der Waals surface area contributed by atoms with Gasteiger partial charge in [0.2, 0.25) is 0 Å². The molecule has 0 unspecified atom stereocenters. The maximum Gasteiger partial charge on any atom is 0.338 e. The summed E-state index contributed by atoms with van der Waals surface area (Å²) in [6, 6.07) is 4.25. The molecule has 1 rings (SSSR count). The van der Waals surface area contributed by atoms with Crippen molar-refractivity contribution in [3.8, 4) is 6.07 Å². The van der Waals surface area contributed by atoms with Crippen molar-refractivity contribution in [3.63, 3.8) is 0 Å². The molecule has 17 heavy (non-hydrogen) atoms. The fourth-order valence-corrected chi connectivity index (χ4v) is 1.59. The highest BCUT2D eigenvalue weighted by Gasteiger charge is 2.23. The average molecular weight is 239 g/mol. The van der Waals surface area contributed by atoms with E-state index in [9.17, 15) is 13.6 Å². The van der Waals surface area contributed by atoms with E-state index in [-0.39, 0.29) is 11.1 Å². The standard InChI is InChI=1S/C12H11F2NO2/c1-3-8-4-7(6-15)5-9(11(13)14)10(8)12(16)17-2/h4-5,11H,3H2,1-2H3. The van der Waals surface area contributed by atoms with Crippen LogP contribution in [0.1, 0.15) is 40.4 Å². The van der Waals surface area contributed by atoms with E-state index < -0.39 is 18.0 Å². The van der Waals surface area contributed by atoms with Crippen LogP contribution in [0.5, 0.6) is 0 Å². The Bertz CT molecular complexity index is 478. The molecule has 0 heterocycles. The molecule has 5 heteroatoms. The van der Waals surface area contributed by atoms with E-state index in [0.29, 0.717) is 12.0 Å². The van der Waals surface area contributed by atoms with Gasteiger partial charge in [0.15, 0.2) is 0 Å². The van der Waals surface area contributed by atoms with Gasteiger partial charge >= 0.3 is 5.97 Å². The minimum Gasteiger partial charge on any atom is -0.465 e. The molecule has 1 aromatic carbocycles. The second-order valence-electron chi connectivity index (χ2n) is 3.36. The number of esters is 1. The lowest BCUT2D eigenvalue weighted by Gasteiger charge is -2.12. The van der Waals surface area contributed by atoms with Crippen LogP contribution in [-0.2, 0) is 11.2 Å². The first kappa shape index (κ1) is 13.1. The lowest BCUT2D eigenvalue weighted by molar-refractivity contribution is 0.0588. The fraction of sp³-hybridized carbons (Fsp3) is 0.333. The van der Waals surface area contributed by atoms with Crippen molar-refractivity contribution in [1.29, 1.82) is 5.26 Å². The number of rotatable bonds is 3. The first-order valence-corrected chi connectivity index (χ1v) is 4.98. The van der Waals surface area contributed by atoms with Gasteiger partial charge in [-0.1, -0.05) is 6.92 Å². The molecule has 90 valence electrons. The Morgan fingerprint density at radius 3 is 2.59 bits per heavy atom. The fourth-order valence-electron chi connectivity index (χ4n) is 1.59. The molecule has 0 bridgehead atoms. The summed E-state index contributed by atoms with van der Waals surface area (Å²) in [5, 5.41) is 8.74. The minimum atomic E-state index is -2.82. The number of aryl methyl sites for hydroxylation is 1. The Hall–Kier alpha value is -1.96. The Labute approximate surface area is 97.6 Å². The van der Waals surface area contributed by atoms with Gasteiger partial charge in [0.05, 0.1) is 24.3 Å². The number of carbonyl (C=O) groups is 1. The summed E-state index contributed by atoms with van der Waals surface area (Å²) in [5.41, 5.74) is -0.0762. The molecule has 0 aliphatic heterocycles. The van der Waals surface area contributed by atoms with Crippen LogP contribution < -0.4 is 0 Å². The van der Waals surface area contributed by atoms with Crippen molar-refractivity contribution in [1.82, 2.24) is 0 Å². The maximum absolute atomic E-state index is 12.8. The van der Waals surface area contributed by atoms with Crippen LogP contribution in [0, 0.1) is 11.3 Å². The first-order valence-electron chi connectivity index (χ1n) is 4.98. The number of ether oxygens (including phenoxy) is 1. The Morgan fingerprint density at radius 1 is 1.53 bits per heavy atom. The highest BCUT2D eigenvalue weighted by Crippen LogP contribution is 2.28. The number of nitriles is 1. The molecule has 0 radical (unpaired) electrons. The summed E-state index contributed by atoms with van der Waals surface area (Å²) in [6.45, 7) is 1.72. The van der Waals surface area contributed by atoms with Crippen molar-refractivity contribution in [2.24, 2.45) is 0 Å². The van der Waals surface area contributed by atoms with E-state index in [1.807, 2.05) is 0 Å². The van der Waals surface area contributed by atoms with Gasteiger partial charge in [-0.2, -0.15) is 5.26 Å². The summed E-state index contributed by atoms with van der Waals surface area (Å²) in [7, 11) is 1.13. The predicted molar refractivity (Wildman–Crippen MR) is 56.8 cm³/mol. The Kier molecular flexibility index (Phi) is 4.16. The number of halogens is 2. The smallest absolute Gasteiger partial charge is 0.338 e. The zero-order valence-corrected chi connectivity index (χ0v) is 9.46. The van der Waals surface area contributed by atoms with E-state index in [0.717, 1.165) is 13.2 Å². The topological polar surface area (TPSA) is 50.1 Å². The maximum atomic E-state index is 12.8. The normalized spacial score (nSPS) is 10.1. The monoisotopic (exact) mass is 239 g/mol. The van der Waals surface area contributed by atoms with Gasteiger partial charge in [0, 0.05) is 5.56 Å². The molecule has 0 amide bonds.